The third-order valence-corrected chi connectivity index (χ3v) is 4.83. The van der Waals surface area contributed by atoms with E-state index in [2.05, 4.69) is 22.3 Å². The van der Waals surface area contributed by atoms with Gasteiger partial charge < -0.3 is 11.1 Å². The Kier molecular flexibility index (Phi) is 3.46. The Morgan fingerprint density at radius 3 is 2.89 bits per heavy atom. The summed E-state index contributed by atoms with van der Waals surface area (Å²) in [7, 11) is 0. The van der Waals surface area contributed by atoms with Crippen molar-refractivity contribution < 1.29 is 0 Å². The maximum Gasteiger partial charge on any atom is 0.0634 e. The molecule has 1 heterocycles. The largest absolute Gasteiger partial charge is 0.377 e. The van der Waals surface area contributed by atoms with Crippen LogP contribution in [0.1, 0.15) is 24.8 Å². The molecule has 1 saturated carbocycles. The highest BCUT2D eigenvalue weighted by Gasteiger charge is 2.42. The van der Waals surface area contributed by atoms with Crippen molar-refractivity contribution in [2.75, 3.05) is 25.0 Å². The Bertz CT molecular complexity index is 472. The number of benzene rings is 1. The molecule has 2 fully saturated rings. The van der Waals surface area contributed by atoms with E-state index >= 15 is 0 Å². The molecule has 4 heteroatoms. The molecule has 0 radical (unpaired) electrons. The maximum absolute atomic E-state index is 6.20. The molecular weight excluding hydrogens is 258 g/mol. The van der Waals surface area contributed by atoms with Gasteiger partial charge in [0.25, 0.3) is 0 Å². The molecule has 1 aliphatic heterocycles. The van der Waals surface area contributed by atoms with Crippen molar-refractivity contribution in [1.29, 1.82) is 0 Å². The van der Waals surface area contributed by atoms with Crippen LogP contribution in [0.2, 0.25) is 5.02 Å². The maximum atomic E-state index is 6.20. The van der Waals surface area contributed by atoms with Crippen LogP contribution < -0.4 is 11.1 Å². The van der Waals surface area contributed by atoms with Crippen LogP contribution in [0.25, 0.3) is 0 Å². The number of halogens is 1. The molecule has 2 aliphatic rings. The monoisotopic (exact) mass is 279 g/mol. The Balaban J connectivity index is 1.73. The van der Waals surface area contributed by atoms with Crippen LogP contribution in [-0.4, -0.2) is 36.1 Å². The number of nitrogens with one attached hydrogen (secondary N) is 1. The predicted molar refractivity (Wildman–Crippen MR) is 80.8 cm³/mol. The van der Waals surface area contributed by atoms with E-state index in [4.69, 9.17) is 17.3 Å². The number of nitrogens with two attached hydrogens (primary N) is 1. The van der Waals surface area contributed by atoms with E-state index in [-0.39, 0.29) is 5.54 Å². The van der Waals surface area contributed by atoms with E-state index in [0.717, 1.165) is 41.8 Å². The Labute approximate surface area is 120 Å². The number of aryl methyl sites for hydroxylation is 1. The molecule has 1 saturated heterocycles. The van der Waals surface area contributed by atoms with Crippen LogP contribution in [0.5, 0.6) is 0 Å². The second kappa shape index (κ2) is 4.97. The zero-order valence-electron chi connectivity index (χ0n) is 11.5. The molecule has 3 nitrogen and oxygen atoms in total. The lowest BCUT2D eigenvalue weighted by molar-refractivity contribution is 0.309. The number of rotatable bonds is 4. The third-order valence-electron chi connectivity index (χ3n) is 4.42. The Hall–Kier alpha value is -0.770. The summed E-state index contributed by atoms with van der Waals surface area (Å²) in [6, 6.07) is 6.98. The smallest absolute Gasteiger partial charge is 0.0634 e. The Morgan fingerprint density at radius 1 is 1.47 bits per heavy atom. The summed E-state index contributed by atoms with van der Waals surface area (Å²) in [6.45, 7) is 4.91. The second-order valence-electron chi connectivity index (χ2n) is 6.03. The van der Waals surface area contributed by atoms with Crippen LogP contribution in [0.3, 0.4) is 0 Å². The molecule has 0 bridgehead atoms. The van der Waals surface area contributed by atoms with E-state index in [0.29, 0.717) is 6.54 Å². The fraction of sp³-hybridized carbons (Fsp3) is 0.600. The first-order chi connectivity index (χ1) is 9.12. The average Bonchev–Trinajstić information content (AvgIpc) is 3.17. The lowest BCUT2D eigenvalue weighted by atomic mass is 9.98. The molecule has 1 atom stereocenters. The highest BCUT2D eigenvalue weighted by Crippen LogP contribution is 2.35. The fourth-order valence-electron chi connectivity index (χ4n) is 2.95. The number of likely N-dealkylation sites (tertiary alicyclic amines) is 1. The molecule has 19 heavy (non-hydrogen) atoms. The summed E-state index contributed by atoms with van der Waals surface area (Å²) in [5.74, 6) is 0. The lowest BCUT2D eigenvalue weighted by Crippen LogP contribution is -2.48. The van der Waals surface area contributed by atoms with Gasteiger partial charge in [-0.1, -0.05) is 17.7 Å². The average molecular weight is 280 g/mol. The molecule has 3 N–H and O–H groups in total. The normalized spacial score (nSPS) is 27.7. The van der Waals surface area contributed by atoms with Gasteiger partial charge in [-0.15, -0.1) is 0 Å². The first-order valence-corrected chi connectivity index (χ1v) is 7.48. The lowest BCUT2D eigenvalue weighted by Gasteiger charge is -2.31. The van der Waals surface area contributed by atoms with E-state index in [1.165, 1.54) is 12.8 Å². The van der Waals surface area contributed by atoms with Crippen molar-refractivity contribution in [3.05, 3.63) is 28.8 Å². The van der Waals surface area contributed by atoms with Gasteiger partial charge in [0.15, 0.2) is 0 Å². The third kappa shape index (κ3) is 2.73. The van der Waals surface area contributed by atoms with Crippen LogP contribution in [0.15, 0.2) is 18.2 Å². The summed E-state index contributed by atoms with van der Waals surface area (Å²) in [5.41, 5.74) is 8.25. The van der Waals surface area contributed by atoms with Crippen molar-refractivity contribution in [2.24, 2.45) is 5.73 Å². The number of hydrogen-bond acceptors (Lipinski definition) is 3. The van der Waals surface area contributed by atoms with Crippen molar-refractivity contribution >= 4 is 17.3 Å². The highest BCUT2D eigenvalue weighted by molar-refractivity contribution is 6.31. The standard InChI is InChI=1S/C15H22ClN3/c1-11-2-3-12(8-14(11)16)18-15(9-17)6-7-19(10-15)13-4-5-13/h2-3,8,13,18H,4-7,9-10,17H2,1H3. The van der Waals surface area contributed by atoms with Gasteiger partial charge in [-0.3, -0.25) is 4.90 Å². The Morgan fingerprint density at radius 2 is 2.26 bits per heavy atom. The van der Waals surface area contributed by atoms with Gasteiger partial charge in [0.1, 0.15) is 0 Å². The second-order valence-corrected chi connectivity index (χ2v) is 6.43. The summed E-state index contributed by atoms with van der Waals surface area (Å²) < 4.78 is 0. The first-order valence-electron chi connectivity index (χ1n) is 7.10. The van der Waals surface area contributed by atoms with Crippen LogP contribution in [-0.2, 0) is 0 Å². The van der Waals surface area contributed by atoms with Gasteiger partial charge in [0, 0.05) is 36.4 Å². The van der Waals surface area contributed by atoms with E-state index < -0.39 is 0 Å². The van der Waals surface area contributed by atoms with Crippen LogP contribution in [0, 0.1) is 6.92 Å². The summed E-state index contributed by atoms with van der Waals surface area (Å²) in [6.07, 6.45) is 3.83. The van der Waals surface area contributed by atoms with Crippen molar-refractivity contribution in [1.82, 2.24) is 4.90 Å². The zero-order chi connectivity index (χ0) is 13.5. The van der Waals surface area contributed by atoms with Crippen molar-refractivity contribution in [2.45, 2.75) is 37.8 Å². The molecule has 0 amide bonds. The quantitative estimate of drug-likeness (QED) is 0.890. The highest BCUT2D eigenvalue weighted by atomic mass is 35.5. The molecule has 104 valence electrons. The zero-order valence-corrected chi connectivity index (χ0v) is 12.2. The number of hydrogen-bond donors (Lipinski definition) is 2. The molecule has 1 aromatic rings. The molecule has 0 spiro atoms. The number of anilines is 1. The van der Waals surface area contributed by atoms with Crippen molar-refractivity contribution in [3.8, 4) is 0 Å². The minimum Gasteiger partial charge on any atom is -0.377 e. The molecule has 0 aromatic heterocycles. The van der Waals surface area contributed by atoms with E-state index in [1.54, 1.807) is 0 Å². The van der Waals surface area contributed by atoms with Crippen LogP contribution >= 0.6 is 11.6 Å². The van der Waals surface area contributed by atoms with Gasteiger partial charge >= 0.3 is 0 Å². The summed E-state index contributed by atoms with van der Waals surface area (Å²) >= 11 is 6.20. The SMILES string of the molecule is Cc1ccc(NC2(CN)CCN(C3CC3)C2)cc1Cl. The van der Waals surface area contributed by atoms with Gasteiger partial charge in [-0.25, -0.2) is 0 Å². The summed E-state index contributed by atoms with van der Waals surface area (Å²) in [5, 5.41) is 4.45. The molecule has 3 rings (SSSR count). The van der Waals surface area contributed by atoms with Crippen molar-refractivity contribution in [3.63, 3.8) is 0 Å². The van der Waals surface area contributed by atoms with Gasteiger partial charge in [0.05, 0.1) is 5.54 Å². The number of nitrogens with zero attached hydrogens (tertiary/aromatic N) is 1. The predicted octanol–water partition coefficient (Wildman–Crippen LogP) is 2.63. The molecule has 1 unspecified atom stereocenters. The minimum absolute atomic E-state index is 0.0151. The van der Waals surface area contributed by atoms with Crippen LogP contribution in [0.4, 0.5) is 5.69 Å². The van der Waals surface area contributed by atoms with E-state index in [1.807, 2.05) is 13.0 Å². The topological polar surface area (TPSA) is 41.3 Å². The summed E-state index contributed by atoms with van der Waals surface area (Å²) in [4.78, 5) is 2.58. The van der Waals surface area contributed by atoms with E-state index in [9.17, 15) is 0 Å². The minimum atomic E-state index is 0.0151. The first kappa shape index (κ1) is 13.2. The van der Waals surface area contributed by atoms with Gasteiger partial charge in [-0.2, -0.15) is 0 Å². The molecular formula is C15H22ClN3. The molecule has 1 aliphatic carbocycles. The fourth-order valence-corrected chi connectivity index (χ4v) is 3.13. The van der Waals surface area contributed by atoms with Gasteiger partial charge in [-0.05, 0) is 43.9 Å². The van der Waals surface area contributed by atoms with Gasteiger partial charge in [0.2, 0.25) is 0 Å². The molecule has 1 aromatic carbocycles.